The molecule has 1 aliphatic carbocycles. The van der Waals surface area contributed by atoms with Crippen molar-refractivity contribution in [2.24, 2.45) is 5.73 Å². The molecular formula is C12H13ClN4. The Labute approximate surface area is 104 Å². The van der Waals surface area contributed by atoms with E-state index in [1.807, 2.05) is 24.3 Å². The van der Waals surface area contributed by atoms with E-state index in [1.54, 1.807) is 0 Å². The molecule has 1 saturated carbocycles. The SMILES string of the molecule is NC(c1ccc(Cl)cc1)c1n[nH]c(C2CC2)n1. The normalized spacial score (nSPS) is 17.1. The van der Waals surface area contributed by atoms with Gasteiger partial charge < -0.3 is 5.73 Å². The fourth-order valence-corrected chi connectivity index (χ4v) is 1.91. The monoisotopic (exact) mass is 248 g/mol. The van der Waals surface area contributed by atoms with Crippen LogP contribution in [-0.2, 0) is 0 Å². The van der Waals surface area contributed by atoms with Gasteiger partial charge in [-0.2, -0.15) is 5.10 Å². The van der Waals surface area contributed by atoms with Gasteiger partial charge in [0.2, 0.25) is 0 Å². The Balaban J connectivity index is 1.84. The summed E-state index contributed by atoms with van der Waals surface area (Å²) in [5.74, 6) is 2.17. The smallest absolute Gasteiger partial charge is 0.171 e. The summed E-state index contributed by atoms with van der Waals surface area (Å²) in [4.78, 5) is 4.45. The average Bonchev–Trinajstić information content (AvgIpc) is 3.07. The van der Waals surface area contributed by atoms with Gasteiger partial charge in [0.05, 0.1) is 6.04 Å². The molecule has 1 aromatic heterocycles. The van der Waals surface area contributed by atoms with Gasteiger partial charge in [0, 0.05) is 10.9 Å². The van der Waals surface area contributed by atoms with Crippen molar-refractivity contribution < 1.29 is 0 Å². The van der Waals surface area contributed by atoms with Gasteiger partial charge in [0.15, 0.2) is 5.82 Å². The molecule has 1 unspecified atom stereocenters. The second-order valence-corrected chi connectivity index (χ2v) is 4.82. The van der Waals surface area contributed by atoms with Gasteiger partial charge in [-0.3, -0.25) is 5.10 Å². The van der Waals surface area contributed by atoms with Crippen molar-refractivity contribution in [3.05, 3.63) is 46.5 Å². The Morgan fingerprint density at radius 3 is 2.65 bits per heavy atom. The highest BCUT2D eigenvalue weighted by molar-refractivity contribution is 6.30. The highest BCUT2D eigenvalue weighted by Gasteiger charge is 2.28. The molecule has 0 saturated heterocycles. The van der Waals surface area contributed by atoms with Crippen molar-refractivity contribution in [3.63, 3.8) is 0 Å². The van der Waals surface area contributed by atoms with Gasteiger partial charge in [-0.15, -0.1) is 0 Å². The maximum atomic E-state index is 6.11. The van der Waals surface area contributed by atoms with Crippen molar-refractivity contribution in [3.8, 4) is 0 Å². The molecule has 1 aromatic carbocycles. The molecule has 5 heteroatoms. The summed E-state index contributed by atoms with van der Waals surface area (Å²) in [5, 5.41) is 7.85. The Bertz CT molecular complexity index is 516. The van der Waals surface area contributed by atoms with Crippen molar-refractivity contribution in [1.29, 1.82) is 0 Å². The number of hydrogen-bond donors (Lipinski definition) is 2. The van der Waals surface area contributed by atoms with E-state index < -0.39 is 0 Å². The first-order valence-electron chi connectivity index (χ1n) is 5.67. The number of aromatic amines is 1. The van der Waals surface area contributed by atoms with E-state index in [9.17, 15) is 0 Å². The second-order valence-electron chi connectivity index (χ2n) is 4.38. The minimum Gasteiger partial charge on any atom is -0.318 e. The summed E-state index contributed by atoms with van der Waals surface area (Å²) in [6, 6.07) is 7.16. The third-order valence-electron chi connectivity index (χ3n) is 2.99. The fraction of sp³-hybridized carbons (Fsp3) is 0.333. The highest BCUT2D eigenvalue weighted by atomic mass is 35.5. The summed E-state index contributed by atoms with van der Waals surface area (Å²) in [5.41, 5.74) is 7.08. The highest BCUT2D eigenvalue weighted by Crippen LogP contribution is 2.38. The molecule has 0 spiro atoms. The Morgan fingerprint density at radius 2 is 2.00 bits per heavy atom. The van der Waals surface area contributed by atoms with Crippen LogP contribution in [0, 0.1) is 0 Å². The minimum atomic E-state index is -0.295. The lowest BCUT2D eigenvalue weighted by Gasteiger charge is -2.07. The van der Waals surface area contributed by atoms with Crippen LogP contribution in [0.4, 0.5) is 0 Å². The third-order valence-corrected chi connectivity index (χ3v) is 3.24. The van der Waals surface area contributed by atoms with Gasteiger partial charge in [-0.25, -0.2) is 4.98 Å². The first-order valence-corrected chi connectivity index (χ1v) is 6.05. The quantitative estimate of drug-likeness (QED) is 0.876. The maximum Gasteiger partial charge on any atom is 0.171 e. The predicted octanol–water partition coefficient (Wildman–Crippen LogP) is 2.38. The van der Waals surface area contributed by atoms with E-state index >= 15 is 0 Å². The number of H-pyrrole nitrogens is 1. The minimum absolute atomic E-state index is 0.295. The summed E-state index contributed by atoms with van der Waals surface area (Å²) in [6.45, 7) is 0. The van der Waals surface area contributed by atoms with Crippen molar-refractivity contribution >= 4 is 11.6 Å². The number of hydrogen-bond acceptors (Lipinski definition) is 3. The van der Waals surface area contributed by atoms with Crippen LogP contribution in [-0.4, -0.2) is 15.2 Å². The number of rotatable bonds is 3. The van der Waals surface area contributed by atoms with Crippen molar-refractivity contribution in [2.75, 3.05) is 0 Å². The molecule has 17 heavy (non-hydrogen) atoms. The summed E-state index contributed by atoms with van der Waals surface area (Å²) < 4.78 is 0. The number of benzene rings is 1. The molecule has 0 aliphatic heterocycles. The van der Waals surface area contributed by atoms with E-state index in [1.165, 1.54) is 12.8 Å². The molecule has 0 radical (unpaired) electrons. The van der Waals surface area contributed by atoms with Crippen LogP contribution in [0.3, 0.4) is 0 Å². The lowest BCUT2D eigenvalue weighted by Crippen LogP contribution is -2.13. The second kappa shape index (κ2) is 4.13. The topological polar surface area (TPSA) is 67.6 Å². The molecule has 88 valence electrons. The van der Waals surface area contributed by atoms with Gasteiger partial charge in [-0.1, -0.05) is 23.7 Å². The summed E-state index contributed by atoms with van der Waals surface area (Å²) in [6.07, 6.45) is 2.40. The zero-order valence-corrected chi connectivity index (χ0v) is 9.98. The van der Waals surface area contributed by atoms with Crippen LogP contribution >= 0.6 is 11.6 Å². The van der Waals surface area contributed by atoms with Crippen LogP contribution in [0.15, 0.2) is 24.3 Å². The lowest BCUT2D eigenvalue weighted by atomic mass is 10.1. The van der Waals surface area contributed by atoms with Crippen molar-refractivity contribution in [2.45, 2.75) is 24.8 Å². The van der Waals surface area contributed by atoms with Gasteiger partial charge in [-0.05, 0) is 30.5 Å². The molecule has 1 aliphatic rings. The van der Waals surface area contributed by atoms with Crippen LogP contribution in [0.1, 0.15) is 42.0 Å². The first-order chi connectivity index (χ1) is 8.24. The fourth-order valence-electron chi connectivity index (χ4n) is 1.79. The molecule has 0 amide bonds. The van der Waals surface area contributed by atoms with Gasteiger partial charge in [0.25, 0.3) is 0 Å². The number of nitrogens with two attached hydrogens (primary N) is 1. The zero-order valence-electron chi connectivity index (χ0n) is 9.23. The van der Waals surface area contributed by atoms with Crippen LogP contribution in [0.2, 0.25) is 5.02 Å². The molecule has 1 fully saturated rings. The van der Waals surface area contributed by atoms with Gasteiger partial charge >= 0.3 is 0 Å². The molecule has 1 atom stereocenters. The Morgan fingerprint density at radius 1 is 1.29 bits per heavy atom. The maximum absolute atomic E-state index is 6.11. The third kappa shape index (κ3) is 2.18. The van der Waals surface area contributed by atoms with E-state index in [0.29, 0.717) is 16.8 Å². The molecule has 3 N–H and O–H groups in total. The van der Waals surface area contributed by atoms with Crippen LogP contribution in [0.5, 0.6) is 0 Å². The molecule has 4 nitrogen and oxygen atoms in total. The average molecular weight is 249 g/mol. The first kappa shape index (κ1) is 10.7. The molecular weight excluding hydrogens is 236 g/mol. The van der Waals surface area contributed by atoms with E-state index in [0.717, 1.165) is 11.4 Å². The molecule has 0 bridgehead atoms. The number of halogens is 1. The summed E-state index contributed by atoms with van der Waals surface area (Å²) in [7, 11) is 0. The molecule has 2 aromatic rings. The zero-order chi connectivity index (χ0) is 11.8. The summed E-state index contributed by atoms with van der Waals surface area (Å²) >= 11 is 5.84. The Kier molecular flexibility index (Phi) is 2.61. The number of nitrogens with one attached hydrogen (secondary N) is 1. The largest absolute Gasteiger partial charge is 0.318 e. The molecule has 1 heterocycles. The molecule has 3 rings (SSSR count). The Hall–Kier alpha value is -1.39. The van der Waals surface area contributed by atoms with Crippen molar-refractivity contribution in [1.82, 2.24) is 15.2 Å². The lowest BCUT2D eigenvalue weighted by molar-refractivity contribution is 0.787. The van der Waals surface area contributed by atoms with Crippen LogP contribution < -0.4 is 5.73 Å². The predicted molar refractivity (Wildman–Crippen MR) is 65.8 cm³/mol. The van der Waals surface area contributed by atoms with E-state index in [2.05, 4.69) is 15.2 Å². The van der Waals surface area contributed by atoms with E-state index in [4.69, 9.17) is 17.3 Å². The number of aromatic nitrogens is 3. The van der Waals surface area contributed by atoms with Crippen LogP contribution in [0.25, 0.3) is 0 Å². The van der Waals surface area contributed by atoms with E-state index in [-0.39, 0.29) is 6.04 Å². The standard InChI is InChI=1S/C12H13ClN4/c13-9-5-3-7(4-6-9)10(14)12-15-11(16-17-12)8-1-2-8/h3-6,8,10H,1-2,14H2,(H,15,16,17). The van der Waals surface area contributed by atoms with Gasteiger partial charge in [0.1, 0.15) is 5.82 Å². The number of nitrogens with zero attached hydrogens (tertiary/aromatic N) is 2.